The predicted molar refractivity (Wildman–Crippen MR) is 86.1 cm³/mol. The maximum atomic E-state index is 12.3. The van der Waals surface area contributed by atoms with Gasteiger partial charge in [-0.05, 0) is 72.0 Å². The molecular weight excluding hydrogens is 351 g/mol. The molecule has 0 N–H and O–H groups in total. The van der Waals surface area contributed by atoms with E-state index >= 15 is 0 Å². The summed E-state index contributed by atoms with van der Waals surface area (Å²) in [6, 6.07) is 5.66. The number of esters is 1. The third kappa shape index (κ3) is 3.08. The van der Waals surface area contributed by atoms with E-state index in [0.717, 1.165) is 34.8 Å². The standard InChI is InChI=1S/C16H17IO2/c1-3-12-7-8-14(17)13(11-12)15(18)19-16(4-2)9-5-6-10-16/h3-4,7-8,11H,1-2,5-6,9-10H2. The molecule has 1 aliphatic rings. The average Bonchev–Trinajstić information content (AvgIpc) is 2.88. The number of hydrogen-bond acceptors (Lipinski definition) is 2. The minimum atomic E-state index is -0.468. The molecule has 100 valence electrons. The number of ether oxygens (including phenoxy) is 1. The van der Waals surface area contributed by atoms with Crippen molar-refractivity contribution in [3.63, 3.8) is 0 Å². The molecule has 1 aromatic carbocycles. The first-order valence-corrected chi connectivity index (χ1v) is 7.47. The molecule has 0 spiro atoms. The molecule has 19 heavy (non-hydrogen) atoms. The molecule has 0 amide bonds. The fourth-order valence-electron chi connectivity index (χ4n) is 2.39. The molecule has 0 saturated heterocycles. The second-order valence-electron chi connectivity index (χ2n) is 4.81. The van der Waals surface area contributed by atoms with Gasteiger partial charge in [0.05, 0.1) is 5.56 Å². The van der Waals surface area contributed by atoms with E-state index in [2.05, 4.69) is 35.7 Å². The lowest BCUT2D eigenvalue weighted by atomic mass is 10.0. The van der Waals surface area contributed by atoms with Crippen molar-refractivity contribution in [3.05, 3.63) is 52.1 Å². The van der Waals surface area contributed by atoms with Crippen molar-refractivity contribution in [3.8, 4) is 0 Å². The van der Waals surface area contributed by atoms with Crippen LogP contribution in [0.2, 0.25) is 0 Å². The summed E-state index contributed by atoms with van der Waals surface area (Å²) in [6.07, 6.45) is 7.43. The first kappa shape index (κ1) is 14.3. The smallest absolute Gasteiger partial charge is 0.340 e. The number of hydrogen-bond donors (Lipinski definition) is 0. The van der Waals surface area contributed by atoms with Crippen molar-refractivity contribution in [1.82, 2.24) is 0 Å². The summed E-state index contributed by atoms with van der Waals surface area (Å²) in [4.78, 5) is 12.3. The van der Waals surface area contributed by atoms with Crippen LogP contribution in [0, 0.1) is 3.57 Å². The van der Waals surface area contributed by atoms with Crippen LogP contribution in [0.25, 0.3) is 6.08 Å². The van der Waals surface area contributed by atoms with Crippen LogP contribution in [-0.4, -0.2) is 11.6 Å². The van der Waals surface area contributed by atoms with E-state index < -0.39 is 5.60 Å². The van der Waals surface area contributed by atoms with E-state index in [1.165, 1.54) is 0 Å². The summed E-state index contributed by atoms with van der Waals surface area (Å²) < 4.78 is 6.61. The number of rotatable bonds is 4. The van der Waals surface area contributed by atoms with E-state index in [1.54, 1.807) is 12.2 Å². The summed E-state index contributed by atoms with van der Waals surface area (Å²) >= 11 is 2.15. The largest absolute Gasteiger partial charge is 0.451 e. The molecule has 0 atom stereocenters. The van der Waals surface area contributed by atoms with E-state index in [4.69, 9.17) is 4.74 Å². The summed E-state index contributed by atoms with van der Waals surface area (Å²) in [7, 11) is 0. The second-order valence-corrected chi connectivity index (χ2v) is 5.97. The maximum Gasteiger partial charge on any atom is 0.340 e. The molecule has 0 bridgehead atoms. The van der Waals surface area contributed by atoms with Crippen LogP contribution in [0.15, 0.2) is 37.4 Å². The summed E-state index contributed by atoms with van der Waals surface area (Å²) in [5, 5.41) is 0. The lowest BCUT2D eigenvalue weighted by Gasteiger charge is -2.25. The SMILES string of the molecule is C=Cc1ccc(I)c(C(=O)OC2(C=C)CCCC2)c1. The Morgan fingerprint density at radius 2 is 2.00 bits per heavy atom. The van der Waals surface area contributed by atoms with Crippen molar-refractivity contribution in [2.24, 2.45) is 0 Å². The maximum absolute atomic E-state index is 12.3. The molecule has 0 radical (unpaired) electrons. The zero-order chi connectivity index (χ0) is 13.9. The van der Waals surface area contributed by atoms with Crippen LogP contribution in [0.5, 0.6) is 0 Å². The zero-order valence-electron chi connectivity index (χ0n) is 10.8. The molecule has 3 heteroatoms. The Hall–Kier alpha value is -1.10. The monoisotopic (exact) mass is 368 g/mol. The summed E-state index contributed by atoms with van der Waals surface area (Å²) in [5.74, 6) is -0.269. The molecule has 1 aromatic rings. The van der Waals surface area contributed by atoms with Gasteiger partial charge in [0.25, 0.3) is 0 Å². The Kier molecular flexibility index (Phi) is 4.45. The average molecular weight is 368 g/mol. The minimum absolute atomic E-state index is 0.269. The quantitative estimate of drug-likeness (QED) is 0.442. The fraction of sp³-hybridized carbons (Fsp3) is 0.312. The predicted octanol–water partition coefficient (Wildman–Crippen LogP) is 4.59. The van der Waals surface area contributed by atoms with Gasteiger partial charge in [0.1, 0.15) is 5.60 Å². The van der Waals surface area contributed by atoms with Crippen molar-refractivity contribution < 1.29 is 9.53 Å². The molecule has 1 fully saturated rings. The van der Waals surface area contributed by atoms with Crippen LogP contribution < -0.4 is 0 Å². The Bertz CT molecular complexity index is 513. The van der Waals surface area contributed by atoms with Crippen molar-refractivity contribution in [2.75, 3.05) is 0 Å². The lowest BCUT2D eigenvalue weighted by Crippen LogP contribution is -2.29. The van der Waals surface area contributed by atoms with Gasteiger partial charge in [-0.15, -0.1) is 0 Å². The topological polar surface area (TPSA) is 26.3 Å². The molecule has 0 aliphatic heterocycles. The van der Waals surface area contributed by atoms with Gasteiger partial charge in [0, 0.05) is 3.57 Å². The highest BCUT2D eigenvalue weighted by Crippen LogP contribution is 2.35. The molecule has 2 nitrogen and oxygen atoms in total. The molecule has 1 aliphatic carbocycles. The molecule has 2 rings (SSSR count). The van der Waals surface area contributed by atoms with Crippen LogP contribution in [-0.2, 0) is 4.74 Å². The number of carbonyl (C=O) groups is 1. The van der Waals surface area contributed by atoms with E-state index in [0.29, 0.717) is 5.56 Å². The summed E-state index contributed by atoms with van der Waals surface area (Å²) in [6.45, 7) is 7.55. The van der Waals surface area contributed by atoms with Gasteiger partial charge in [-0.3, -0.25) is 0 Å². The van der Waals surface area contributed by atoms with Crippen LogP contribution in [0.4, 0.5) is 0 Å². The van der Waals surface area contributed by atoms with Crippen molar-refractivity contribution in [2.45, 2.75) is 31.3 Å². The third-order valence-electron chi connectivity index (χ3n) is 3.56. The Labute approximate surface area is 127 Å². The Morgan fingerprint density at radius 3 is 2.58 bits per heavy atom. The van der Waals surface area contributed by atoms with Crippen molar-refractivity contribution in [1.29, 1.82) is 0 Å². The molecule has 1 saturated carbocycles. The van der Waals surface area contributed by atoms with Gasteiger partial charge in [-0.1, -0.05) is 25.3 Å². The van der Waals surface area contributed by atoms with Gasteiger partial charge in [0.2, 0.25) is 0 Å². The minimum Gasteiger partial charge on any atom is -0.451 e. The zero-order valence-corrected chi connectivity index (χ0v) is 13.0. The van der Waals surface area contributed by atoms with Crippen LogP contribution >= 0.6 is 22.6 Å². The summed E-state index contributed by atoms with van der Waals surface area (Å²) in [5.41, 5.74) is 1.06. The highest BCUT2D eigenvalue weighted by atomic mass is 127. The fourth-order valence-corrected chi connectivity index (χ4v) is 2.94. The molecule has 0 unspecified atom stereocenters. The Morgan fingerprint density at radius 1 is 1.32 bits per heavy atom. The van der Waals surface area contributed by atoms with Gasteiger partial charge in [-0.2, -0.15) is 0 Å². The molecule has 0 aromatic heterocycles. The van der Waals surface area contributed by atoms with Crippen LogP contribution in [0.1, 0.15) is 41.6 Å². The van der Waals surface area contributed by atoms with Crippen molar-refractivity contribution >= 4 is 34.6 Å². The lowest BCUT2D eigenvalue weighted by molar-refractivity contribution is 0.00658. The highest BCUT2D eigenvalue weighted by molar-refractivity contribution is 14.1. The van der Waals surface area contributed by atoms with Gasteiger partial charge < -0.3 is 4.74 Å². The highest BCUT2D eigenvalue weighted by Gasteiger charge is 2.35. The van der Waals surface area contributed by atoms with Gasteiger partial charge >= 0.3 is 5.97 Å². The number of halogens is 1. The second kappa shape index (κ2) is 5.90. The number of carbonyl (C=O) groups excluding carboxylic acids is 1. The molecular formula is C16H17IO2. The Balaban J connectivity index is 2.24. The third-order valence-corrected chi connectivity index (χ3v) is 4.50. The first-order chi connectivity index (χ1) is 9.10. The molecule has 0 heterocycles. The van der Waals surface area contributed by atoms with Gasteiger partial charge in [-0.25, -0.2) is 4.79 Å². The van der Waals surface area contributed by atoms with E-state index in [1.807, 2.05) is 18.2 Å². The van der Waals surface area contributed by atoms with Crippen LogP contribution in [0.3, 0.4) is 0 Å². The van der Waals surface area contributed by atoms with E-state index in [-0.39, 0.29) is 5.97 Å². The van der Waals surface area contributed by atoms with E-state index in [9.17, 15) is 4.79 Å². The normalized spacial score (nSPS) is 16.9. The van der Waals surface area contributed by atoms with Gasteiger partial charge in [0.15, 0.2) is 0 Å². The number of benzene rings is 1. The first-order valence-electron chi connectivity index (χ1n) is 6.39.